The second kappa shape index (κ2) is 4.68. The molecule has 3 rings (SSSR count). The van der Waals surface area contributed by atoms with E-state index in [1.165, 1.54) is 0 Å². The van der Waals surface area contributed by atoms with Gasteiger partial charge in [-0.05, 0) is 41.8 Å². The van der Waals surface area contributed by atoms with Gasteiger partial charge in [-0.25, -0.2) is 0 Å². The Morgan fingerprint density at radius 3 is 3.06 bits per heavy atom. The Morgan fingerprint density at radius 2 is 2.33 bits per heavy atom. The van der Waals surface area contributed by atoms with Gasteiger partial charge in [0.25, 0.3) is 0 Å². The van der Waals surface area contributed by atoms with Crippen LogP contribution < -0.4 is 4.74 Å². The first-order valence-electron chi connectivity index (χ1n) is 5.80. The van der Waals surface area contributed by atoms with Crippen LogP contribution in [0, 0.1) is 6.92 Å². The van der Waals surface area contributed by atoms with Gasteiger partial charge in [0.15, 0.2) is 6.61 Å². The van der Waals surface area contributed by atoms with Crippen LogP contribution in [0.5, 0.6) is 5.75 Å². The van der Waals surface area contributed by atoms with Crippen molar-refractivity contribution in [2.45, 2.75) is 32.3 Å². The molecule has 1 saturated carbocycles. The summed E-state index contributed by atoms with van der Waals surface area (Å²) in [5, 5.41) is 3.89. The number of aromatic nitrogens is 3. The first kappa shape index (κ1) is 11.6. The Labute approximate surface area is 113 Å². The zero-order valence-corrected chi connectivity index (χ0v) is 11.5. The maximum atomic E-state index is 5.56. The van der Waals surface area contributed by atoms with Crippen molar-refractivity contribution in [2.24, 2.45) is 0 Å². The van der Waals surface area contributed by atoms with Crippen molar-refractivity contribution >= 4 is 15.9 Å². The molecule has 0 atom stereocenters. The number of halogens is 1. The minimum Gasteiger partial charge on any atom is -0.484 e. The van der Waals surface area contributed by atoms with E-state index in [0.717, 1.165) is 28.9 Å². The minimum atomic E-state index is 0.299. The molecule has 18 heavy (non-hydrogen) atoms. The van der Waals surface area contributed by atoms with Gasteiger partial charge >= 0.3 is 0 Å². The van der Waals surface area contributed by atoms with Gasteiger partial charge in [-0.3, -0.25) is 4.98 Å². The molecule has 1 aliphatic rings. The molecule has 1 aliphatic carbocycles. The molecular formula is C12H12BrN3O2. The van der Waals surface area contributed by atoms with Crippen molar-refractivity contribution in [3.63, 3.8) is 0 Å². The summed E-state index contributed by atoms with van der Waals surface area (Å²) >= 11 is 3.41. The van der Waals surface area contributed by atoms with Crippen molar-refractivity contribution in [2.75, 3.05) is 0 Å². The fourth-order valence-corrected chi connectivity index (χ4v) is 1.87. The van der Waals surface area contributed by atoms with Gasteiger partial charge < -0.3 is 9.26 Å². The highest BCUT2D eigenvalue weighted by molar-refractivity contribution is 9.10. The quantitative estimate of drug-likeness (QED) is 0.869. The van der Waals surface area contributed by atoms with Crippen LogP contribution in [0.1, 0.15) is 36.2 Å². The van der Waals surface area contributed by atoms with Gasteiger partial charge in [0.2, 0.25) is 11.7 Å². The number of rotatable bonds is 4. The van der Waals surface area contributed by atoms with Crippen LogP contribution in [0.3, 0.4) is 0 Å². The van der Waals surface area contributed by atoms with Crippen molar-refractivity contribution < 1.29 is 9.26 Å². The van der Waals surface area contributed by atoms with Gasteiger partial charge in [0.05, 0.1) is 11.9 Å². The van der Waals surface area contributed by atoms with E-state index in [9.17, 15) is 0 Å². The van der Waals surface area contributed by atoms with Gasteiger partial charge in [-0.1, -0.05) is 5.16 Å². The van der Waals surface area contributed by atoms with E-state index in [-0.39, 0.29) is 0 Å². The number of hydrogen-bond acceptors (Lipinski definition) is 5. The number of nitrogens with zero attached hydrogens (tertiary/aromatic N) is 3. The summed E-state index contributed by atoms with van der Waals surface area (Å²) < 4.78 is 11.6. The van der Waals surface area contributed by atoms with Crippen molar-refractivity contribution in [1.29, 1.82) is 0 Å². The highest BCUT2D eigenvalue weighted by Crippen LogP contribution is 2.38. The molecule has 2 aromatic heterocycles. The summed E-state index contributed by atoms with van der Waals surface area (Å²) in [6.45, 7) is 2.22. The topological polar surface area (TPSA) is 61.0 Å². The van der Waals surface area contributed by atoms with Gasteiger partial charge in [0, 0.05) is 10.4 Å². The van der Waals surface area contributed by atoms with Crippen LogP contribution in [0.2, 0.25) is 0 Å². The molecule has 6 heteroatoms. The van der Waals surface area contributed by atoms with E-state index in [0.29, 0.717) is 24.1 Å². The van der Waals surface area contributed by atoms with Crippen LogP contribution >= 0.6 is 15.9 Å². The zero-order valence-electron chi connectivity index (χ0n) is 9.89. The first-order valence-corrected chi connectivity index (χ1v) is 6.59. The molecule has 2 aromatic rings. The van der Waals surface area contributed by atoms with Crippen LogP contribution in [0.4, 0.5) is 0 Å². The largest absolute Gasteiger partial charge is 0.484 e. The zero-order chi connectivity index (χ0) is 12.5. The lowest BCUT2D eigenvalue weighted by Crippen LogP contribution is -1.98. The molecule has 0 saturated heterocycles. The molecule has 0 radical (unpaired) electrons. The van der Waals surface area contributed by atoms with Gasteiger partial charge in [-0.2, -0.15) is 4.98 Å². The summed E-state index contributed by atoms with van der Waals surface area (Å²) in [7, 11) is 0. The molecule has 0 unspecified atom stereocenters. The molecule has 1 fully saturated rings. The van der Waals surface area contributed by atoms with Crippen molar-refractivity contribution in [3.8, 4) is 5.75 Å². The average molecular weight is 310 g/mol. The Kier molecular flexibility index (Phi) is 3.03. The van der Waals surface area contributed by atoms with Crippen LogP contribution in [0.15, 0.2) is 21.3 Å². The Hall–Kier alpha value is -1.43. The molecule has 0 N–H and O–H groups in total. The fourth-order valence-electron chi connectivity index (χ4n) is 1.54. The molecule has 5 nitrogen and oxygen atoms in total. The Balaban J connectivity index is 1.63. The third-order valence-corrected chi connectivity index (χ3v) is 3.58. The predicted molar refractivity (Wildman–Crippen MR) is 67.3 cm³/mol. The molecule has 0 amide bonds. The third-order valence-electron chi connectivity index (χ3n) is 2.78. The van der Waals surface area contributed by atoms with E-state index in [2.05, 4.69) is 31.1 Å². The van der Waals surface area contributed by atoms with E-state index < -0.39 is 0 Å². The van der Waals surface area contributed by atoms with Crippen LogP contribution in [0.25, 0.3) is 0 Å². The second-order valence-corrected chi connectivity index (χ2v) is 5.20. The summed E-state index contributed by atoms with van der Waals surface area (Å²) in [6.07, 6.45) is 3.98. The lowest BCUT2D eigenvalue weighted by atomic mass is 10.4. The summed E-state index contributed by atoms with van der Waals surface area (Å²) in [4.78, 5) is 8.49. The van der Waals surface area contributed by atoms with E-state index >= 15 is 0 Å². The number of ether oxygens (including phenoxy) is 1. The standard InChI is InChI=1S/C12H12BrN3O2/c1-7-10(13)4-9(5-14-7)17-6-11-15-12(18-16-11)8-2-3-8/h4-5,8H,2-3,6H2,1H3. The fraction of sp³-hybridized carbons (Fsp3) is 0.417. The Morgan fingerprint density at radius 1 is 1.50 bits per heavy atom. The summed E-state index contributed by atoms with van der Waals surface area (Å²) in [5.74, 6) is 2.47. The first-order chi connectivity index (χ1) is 8.72. The van der Waals surface area contributed by atoms with Gasteiger partial charge in [-0.15, -0.1) is 0 Å². The van der Waals surface area contributed by atoms with E-state index in [4.69, 9.17) is 9.26 Å². The molecule has 2 heterocycles. The smallest absolute Gasteiger partial charge is 0.229 e. The normalized spacial score (nSPS) is 14.8. The van der Waals surface area contributed by atoms with Crippen LogP contribution in [-0.4, -0.2) is 15.1 Å². The number of pyridine rings is 1. The molecule has 0 bridgehead atoms. The van der Waals surface area contributed by atoms with E-state index in [1.54, 1.807) is 6.20 Å². The summed E-state index contributed by atoms with van der Waals surface area (Å²) in [5.41, 5.74) is 0.929. The van der Waals surface area contributed by atoms with Crippen molar-refractivity contribution in [1.82, 2.24) is 15.1 Å². The minimum absolute atomic E-state index is 0.299. The Bertz CT molecular complexity index is 566. The highest BCUT2D eigenvalue weighted by Gasteiger charge is 2.29. The molecule has 94 valence electrons. The van der Waals surface area contributed by atoms with Crippen LogP contribution in [-0.2, 0) is 6.61 Å². The van der Waals surface area contributed by atoms with Gasteiger partial charge in [0.1, 0.15) is 5.75 Å². The summed E-state index contributed by atoms with van der Waals surface area (Å²) in [6, 6.07) is 1.88. The maximum absolute atomic E-state index is 5.56. The number of aryl methyl sites for hydroxylation is 1. The molecule has 0 aliphatic heterocycles. The SMILES string of the molecule is Cc1ncc(OCc2noc(C3CC3)n2)cc1Br. The second-order valence-electron chi connectivity index (χ2n) is 4.35. The average Bonchev–Trinajstić information content (AvgIpc) is 3.11. The van der Waals surface area contributed by atoms with Crippen molar-refractivity contribution in [3.05, 3.63) is 34.1 Å². The lowest BCUT2D eigenvalue weighted by molar-refractivity contribution is 0.284. The number of hydrogen-bond donors (Lipinski definition) is 0. The third kappa shape index (κ3) is 2.53. The predicted octanol–water partition coefficient (Wildman–Crippen LogP) is 2.99. The monoisotopic (exact) mass is 309 g/mol. The molecular weight excluding hydrogens is 298 g/mol. The highest BCUT2D eigenvalue weighted by atomic mass is 79.9. The molecule has 0 aromatic carbocycles. The van der Waals surface area contributed by atoms with E-state index in [1.807, 2.05) is 13.0 Å². The maximum Gasteiger partial charge on any atom is 0.229 e. The molecule has 0 spiro atoms. The lowest BCUT2D eigenvalue weighted by Gasteiger charge is -2.04.